The molecule has 1 heterocycles. The summed E-state index contributed by atoms with van der Waals surface area (Å²) < 4.78 is 36.6. The van der Waals surface area contributed by atoms with E-state index in [0.717, 1.165) is 24.0 Å². The van der Waals surface area contributed by atoms with E-state index in [1.165, 1.54) is 24.7 Å². The number of halogens is 1. The fourth-order valence-electron chi connectivity index (χ4n) is 3.77. The molecular weight excluding hydrogens is 465 g/mol. The molecule has 36 heavy (non-hydrogen) atoms. The van der Waals surface area contributed by atoms with E-state index in [-0.39, 0.29) is 24.4 Å². The predicted molar refractivity (Wildman–Crippen MR) is 131 cm³/mol. The van der Waals surface area contributed by atoms with Crippen LogP contribution in [0.3, 0.4) is 0 Å². The van der Waals surface area contributed by atoms with E-state index >= 15 is 0 Å². The summed E-state index contributed by atoms with van der Waals surface area (Å²) >= 11 is 0. The number of carbonyl (C=O) groups is 1. The molecule has 0 aromatic heterocycles. The first kappa shape index (κ1) is 25.1. The van der Waals surface area contributed by atoms with Crippen LogP contribution in [0.4, 0.5) is 4.39 Å². The van der Waals surface area contributed by atoms with Crippen molar-refractivity contribution >= 4 is 5.97 Å². The summed E-state index contributed by atoms with van der Waals surface area (Å²) in [6.07, 6.45) is 11.1. The van der Waals surface area contributed by atoms with Gasteiger partial charge in [0.15, 0.2) is 12.0 Å². The number of rotatable bonds is 11. The van der Waals surface area contributed by atoms with Gasteiger partial charge in [0.2, 0.25) is 0 Å². The zero-order valence-electron chi connectivity index (χ0n) is 19.9. The van der Waals surface area contributed by atoms with Gasteiger partial charge in [0.05, 0.1) is 6.54 Å². The van der Waals surface area contributed by atoms with Gasteiger partial charge < -0.3 is 24.1 Å². The minimum Gasteiger partial charge on any atom is -0.486 e. The highest BCUT2D eigenvalue weighted by Gasteiger charge is 2.17. The van der Waals surface area contributed by atoms with Crippen LogP contribution in [0.5, 0.6) is 11.5 Å². The van der Waals surface area contributed by atoms with Gasteiger partial charge in [-0.3, -0.25) is 9.69 Å². The molecule has 1 atom stereocenters. The van der Waals surface area contributed by atoms with Crippen molar-refractivity contribution in [2.75, 3.05) is 20.1 Å². The Morgan fingerprint density at radius 1 is 1.08 bits per heavy atom. The van der Waals surface area contributed by atoms with Crippen LogP contribution in [0.2, 0.25) is 0 Å². The maximum Gasteiger partial charge on any atom is 0.326 e. The van der Waals surface area contributed by atoms with E-state index < -0.39 is 5.97 Å². The van der Waals surface area contributed by atoms with Crippen molar-refractivity contribution in [3.63, 3.8) is 0 Å². The molecule has 2 aliphatic rings. The first-order valence-electron chi connectivity index (χ1n) is 11.7. The Labute approximate surface area is 209 Å². The van der Waals surface area contributed by atoms with Crippen LogP contribution < -0.4 is 9.47 Å². The standard InChI is InChI=1S/C28H28FNO6/c1-30(17-27(31)32)16-15-25(21-7-9-22(29)10-8-21)35-23-11-13-24(14-12-23)36-28-19-33-26(18-34-28)20-5-3-2-4-6-20/h2-3,5,7-14,18-19,25H,4,6,15-17H2,1H3,(H,31,32). The Balaban J connectivity index is 1.36. The van der Waals surface area contributed by atoms with E-state index in [1.54, 1.807) is 48.3 Å². The van der Waals surface area contributed by atoms with Crippen molar-refractivity contribution in [2.45, 2.75) is 25.4 Å². The molecule has 1 N–H and O–H groups in total. The topological polar surface area (TPSA) is 77.5 Å². The normalized spacial score (nSPS) is 15.7. The van der Waals surface area contributed by atoms with E-state index in [1.807, 2.05) is 12.2 Å². The lowest BCUT2D eigenvalue weighted by atomic mass is 10.0. The summed E-state index contributed by atoms with van der Waals surface area (Å²) in [6.45, 7) is 0.416. The SMILES string of the molecule is CN(CCC(Oc1ccc(OC2=COC(C3=CC=CCC3)=CO2)cc1)c1ccc(F)cc1)CC(=O)O. The predicted octanol–water partition coefficient (Wildman–Crippen LogP) is 5.69. The Bertz CT molecular complexity index is 1170. The number of carboxylic acids is 1. The molecule has 0 saturated carbocycles. The van der Waals surface area contributed by atoms with Crippen LogP contribution in [0, 0.1) is 5.82 Å². The summed E-state index contributed by atoms with van der Waals surface area (Å²) in [7, 11) is 1.73. The van der Waals surface area contributed by atoms with Gasteiger partial charge in [0.1, 0.15) is 29.7 Å². The molecule has 0 saturated heterocycles. The van der Waals surface area contributed by atoms with Gasteiger partial charge in [-0.05, 0) is 67.4 Å². The second kappa shape index (κ2) is 12.1. The summed E-state index contributed by atoms with van der Waals surface area (Å²) in [5, 5.41) is 8.99. The summed E-state index contributed by atoms with van der Waals surface area (Å²) in [4.78, 5) is 12.7. The number of carboxylic acid groups (broad SMARTS) is 1. The Morgan fingerprint density at radius 3 is 2.47 bits per heavy atom. The Kier molecular flexibility index (Phi) is 8.41. The first-order valence-corrected chi connectivity index (χ1v) is 11.7. The molecule has 0 radical (unpaired) electrons. The quantitative estimate of drug-likeness (QED) is 0.431. The third kappa shape index (κ3) is 7.23. The number of allylic oxidation sites excluding steroid dienone is 4. The zero-order chi connectivity index (χ0) is 25.3. The number of aliphatic carboxylic acids is 1. The Morgan fingerprint density at radius 2 is 1.83 bits per heavy atom. The molecule has 1 aliphatic carbocycles. The maximum atomic E-state index is 13.4. The largest absolute Gasteiger partial charge is 0.486 e. The highest BCUT2D eigenvalue weighted by atomic mass is 19.1. The average Bonchev–Trinajstić information content (AvgIpc) is 2.89. The second-order valence-corrected chi connectivity index (χ2v) is 8.47. The number of likely N-dealkylation sites (N-methyl/N-ethyl adjacent to an activating group) is 1. The molecule has 188 valence electrons. The Hall–Kier alpha value is -4.04. The minimum atomic E-state index is -0.898. The lowest BCUT2D eigenvalue weighted by Crippen LogP contribution is -2.28. The second-order valence-electron chi connectivity index (χ2n) is 8.47. The number of benzene rings is 2. The van der Waals surface area contributed by atoms with Crippen LogP contribution in [0.15, 0.2) is 96.6 Å². The minimum absolute atomic E-state index is 0.0743. The summed E-state index contributed by atoms with van der Waals surface area (Å²) in [5.74, 6) is 0.769. The van der Waals surface area contributed by atoms with Crippen molar-refractivity contribution in [3.05, 3.63) is 108 Å². The van der Waals surface area contributed by atoms with Crippen LogP contribution in [-0.4, -0.2) is 36.1 Å². The van der Waals surface area contributed by atoms with E-state index in [2.05, 4.69) is 6.08 Å². The monoisotopic (exact) mass is 493 g/mol. The van der Waals surface area contributed by atoms with Gasteiger partial charge in [-0.25, -0.2) is 4.39 Å². The van der Waals surface area contributed by atoms with Crippen molar-refractivity contribution in [3.8, 4) is 11.5 Å². The van der Waals surface area contributed by atoms with E-state index in [0.29, 0.717) is 30.2 Å². The van der Waals surface area contributed by atoms with E-state index in [9.17, 15) is 9.18 Å². The molecule has 1 unspecified atom stereocenters. The maximum absolute atomic E-state index is 13.4. The molecule has 2 aromatic carbocycles. The lowest BCUT2D eigenvalue weighted by Gasteiger charge is -2.23. The molecule has 0 spiro atoms. The van der Waals surface area contributed by atoms with Crippen LogP contribution in [0.1, 0.15) is 30.9 Å². The molecule has 1 aliphatic heterocycles. The van der Waals surface area contributed by atoms with E-state index in [4.69, 9.17) is 24.1 Å². The highest BCUT2D eigenvalue weighted by Crippen LogP contribution is 2.29. The number of ether oxygens (including phenoxy) is 4. The number of nitrogens with zero attached hydrogens (tertiary/aromatic N) is 1. The third-order valence-electron chi connectivity index (χ3n) is 5.64. The smallest absolute Gasteiger partial charge is 0.326 e. The zero-order valence-corrected chi connectivity index (χ0v) is 19.9. The average molecular weight is 494 g/mol. The lowest BCUT2D eigenvalue weighted by molar-refractivity contribution is -0.138. The first-order chi connectivity index (χ1) is 17.5. The molecule has 8 heteroatoms. The fourth-order valence-corrected chi connectivity index (χ4v) is 3.77. The highest BCUT2D eigenvalue weighted by molar-refractivity contribution is 5.69. The van der Waals surface area contributed by atoms with Crippen LogP contribution >= 0.6 is 0 Å². The van der Waals surface area contributed by atoms with Gasteiger partial charge >= 0.3 is 11.9 Å². The summed E-state index contributed by atoms with van der Waals surface area (Å²) in [6, 6.07) is 13.1. The fraction of sp³-hybridized carbons (Fsp3) is 0.250. The van der Waals surface area contributed by atoms with Crippen molar-refractivity contribution in [1.82, 2.24) is 4.90 Å². The molecule has 0 amide bonds. The third-order valence-corrected chi connectivity index (χ3v) is 5.64. The van der Waals surface area contributed by atoms with Crippen LogP contribution in [-0.2, 0) is 14.3 Å². The van der Waals surface area contributed by atoms with Crippen molar-refractivity contribution in [2.24, 2.45) is 0 Å². The number of hydrogen-bond donors (Lipinski definition) is 1. The molecule has 0 bridgehead atoms. The van der Waals surface area contributed by atoms with Gasteiger partial charge in [-0.15, -0.1) is 0 Å². The molecular formula is C28H28FNO6. The number of hydrogen-bond acceptors (Lipinski definition) is 6. The molecule has 4 rings (SSSR count). The molecule has 2 aromatic rings. The van der Waals surface area contributed by atoms with Gasteiger partial charge in [-0.1, -0.05) is 30.4 Å². The van der Waals surface area contributed by atoms with Gasteiger partial charge in [0, 0.05) is 13.0 Å². The van der Waals surface area contributed by atoms with Gasteiger partial charge in [0.25, 0.3) is 0 Å². The van der Waals surface area contributed by atoms with Gasteiger partial charge in [-0.2, -0.15) is 0 Å². The van der Waals surface area contributed by atoms with Crippen molar-refractivity contribution in [1.29, 1.82) is 0 Å². The molecule has 0 fully saturated rings. The van der Waals surface area contributed by atoms with Crippen molar-refractivity contribution < 1.29 is 33.2 Å². The summed E-state index contributed by atoms with van der Waals surface area (Å²) in [5.41, 5.74) is 1.86. The van der Waals surface area contributed by atoms with Crippen LogP contribution in [0.25, 0.3) is 0 Å². The molecule has 7 nitrogen and oxygen atoms in total.